The number of hydrogen-bond donors (Lipinski definition) is 1. The average molecular weight is 507 g/mol. The van der Waals surface area contributed by atoms with Crippen LogP contribution in [0.3, 0.4) is 0 Å². The third-order valence-corrected chi connectivity index (χ3v) is 6.14. The third-order valence-electron chi connectivity index (χ3n) is 6.14. The fourth-order valence-corrected chi connectivity index (χ4v) is 4.57. The van der Waals surface area contributed by atoms with E-state index in [1.54, 1.807) is 24.1 Å². The van der Waals surface area contributed by atoms with Crippen molar-refractivity contribution in [3.8, 4) is 0 Å². The molecule has 0 radical (unpaired) electrons. The molecule has 2 aromatic rings. The summed E-state index contributed by atoms with van der Waals surface area (Å²) < 4.78 is 98.0. The molecular weight excluding hydrogens is 483 g/mol. The molecule has 0 amide bonds. The summed E-state index contributed by atoms with van der Waals surface area (Å²) in [5, 5.41) is 9.15. The molecule has 0 aliphatic heterocycles. The molecule has 192 valence electrons. The number of benzene rings is 2. The summed E-state index contributed by atoms with van der Waals surface area (Å²) in [5.74, 6) is -1.84. The zero-order valence-corrected chi connectivity index (χ0v) is 18.7. The molecule has 0 aromatic heterocycles. The number of hydrogen-bond acceptors (Lipinski definition) is 3. The molecule has 35 heavy (non-hydrogen) atoms. The highest BCUT2D eigenvalue weighted by Crippen LogP contribution is 2.40. The number of halogens is 7. The number of carbonyl (C=O) groups is 1. The highest BCUT2D eigenvalue weighted by molar-refractivity contribution is 5.69. The second kappa shape index (κ2) is 10.5. The second-order valence-electron chi connectivity index (χ2n) is 8.60. The minimum absolute atomic E-state index is 0.0781. The monoisotopic (exact) mass is 507 g/mol. The summed E-state index contributed by atoms with van der Waals surface area (Å²) in [4.78, 5) is 12.8. The van der Waals surface area contributed by atoms with E-state index in [0.717, 1.165) is 0 Å². The van der Waals surface area contributed by atoms with Gasteiger partial charge in [0.2, 0.25) is 0 Å². The zero-order valence-electron chi connectivity index (χ0n) is 18.7. The van der Waals surface area contributed by atoms with Crippen LogP contribution in [-0.2, 0) is 28.3 Å². The van der Waals surface area contributed by atoms with Crippen LogP contribution < -0.4 is 0 Å². The Kier molecular flexibility index (Phi) is 8.10. The van der Waals surface area contributed by atoms with Crippen molar-refractivity contribution in [1.82, 2.24) is 4.90 Å². The molecule has 1 aliphatic rings. The van der Waals surface area contributed by atoms with Gasteiger partial charge in [-0.15, -0.1) is 0 Å². The minimum Gasteiger partial charge on any atom is -0.480 e. The number of nitrogens with zero attached hydrogens (tertiary/aromatic N) is 1. The molecule has 0 bridgehead atoms. The van der Waals surface area contributed by atoms with Crippen molar-refractivity contribution >= 4 is 5.97 Å². The van der Waals surface area contributed by atoms with Gasteiger partial charge in [-0.25, -0.2) is 4.39 Å². The van der Waals surface area contributed by atoms with Crippen LogP contribution in [0.5, 0.6) is 0 Å². The number of aliphatic carboxylic acids is 1. The van der Waals surface area contributed by atoms with Gasteiger partial charge < -0.3 is 9.84 Å². The van der Waals surface area contributed by atoms with Gasteiger partial charge in [0, 0.05) is 12.0 Å². The van der Waals surface area contributed by atoms with E-state index in [9.17, 15) is 35.5 Å². The summed E-state index contributed by atoms with van der Waals surface area (Å²) in [6.07, 6.45) is -9.48. The molecule has 1 saturated carbocycles. The number of likely N-dealkylation sites (N-methyl/N-ethyl adjacent to an activating group) is 1. The predicted octanol–water partition coefficient (Wildman–Crippen LogP) is 5.75. The van der Waals surface area contributed by atoms with E-state index in [1.807, 2.05) is 0 Å². The number of carboxylic acid groups (broad SMARTS) is 1. The molecule has 2 aromatic carbocycles. The predicted molar refractivity (Wildman–Crippen MR) is 112 cm³/mol. The van der Waals surface area contributed by atoms with E-state index in [-0.39, 0.29) is 43.2 Å². The van der Waals surface area contributed by atoms with Gasteiger partial charge in [-0.05, 0) is 67.8 Å². The standard InChI is InChI=1S/C24H24F7NO3/c1-32(13-21(33)34)19-6-7-20(22(19)15-2-4-18(25)5-3-15)35-9-8-14-10-16(23(26,27)28)12-17(11-14)24(29,30)31/h2-5,10-12,19-20,22H,6-9,13H2,1H3,(H,33,34)/t19-,20+,22+/m1/s1. The first-order chi connectivity index (χ1) is 16.3. The summed E-state index contributed by atoms with van der Waals surface area (Å²) in [5.41, 5.74) is -2.23. The minimum atomic E-state index is -4.93. The van der Waals surface area contributed by atoms with Crippen LogP contribution in [0.1, 0.15) is 41.0 Å². The van der Waals surface area contributed by atoms with Gasteiger partial charge in [0.15, 0.2) is 0 Å². The molecule has 11 heteroatoms. The van der Waals surface area contributed by atoms with Crippen LogP contribution in [0.25, 0.3) is 0 Å². The van der Waals surface area contributed by atoms with Gasteiger partial charge in [0.05, 0.1) is 30.4 Å². The van der Waals surface area contributed by atoms with Crippen LogP contribution in [0.4, 0.5) is 30.7 Å². The number of carboxylic acids is 1. The van der Waals surface area contributed by atoms with Crippen molar-refractivity contribution in [1.29, 1.82) is 0 Å². The molecule has 3 rings (SSSR count). The lowest BCUT2D eigenvalue weighted by molar-refractivity contribution is -0.143. The second-order valence-corrected chi connectivity index (χ2v) is 8.60. The van der Waals surface area contributed by atoms with E-state index in [4.69, 9.17) is 9.84 Å². The summed E-state index contributed by atoms with van der Waals surface area (Å²) in [7, 11) is 1.64. The number of rotatable bonds is 8. The fourth-order valence-electron chi connectivity index (χ4n) is 4.57. The lowest BCUT2D eigenvalue weighted by Gasteiger charge is -2.31. The van der Waals surface area contributed by atoms with Crippen LogP contribution >= 0.6 is 0 Å². The van der Waals surface area contributed by atoms with E-state index in [0.29, 0.717) is 30.5 Å². The van der Waals surface area contributed by atoms with Gasteiger partial charge >= 0.3 is 18.3 Å². The molecule has 0 heterocycles. The van der Waals surface area contributed by atoms with E-state index >= 15 is 0 Å². The Morgan fingerprint density at radius 3 is 2.09 bits per heavy atom. The summed E-state index contributed by atoms with van der Waals surface area (Å²) >= 11 is 0. The Bertz CT molecular complexity index is 989. The molecular formula is C24H24F7NO3. The van der Waals surface area contributed by atoms with Crippen LogP contribution in [0, 0.1) is 5.82 Å². The van der Waals surface area contributed by atoms with Crippen molar-refractivity contribution in [2.75, 3.05) is 20.2 Å². The summed E-state index contributed by atoms with van der Waals surface area (Å²) in [6, 6.07) is 6.82. The SMILES string of the molecule is CN(CC(=O)O)[C@@H]1CC[C@H](OCCc2cc(C(F)(F)F)cc(C(F)(F)F)c2)[C@H]1c1ccc(F)cc1. The average Bonchev–Trinajstić information content (AvgIpc) is 3.16. The molecule has 1 fully saturated rings. The van der Waals surface area contributed by atoms with E-state index in [1.165, 1.54) is 12.1 Å². The maximum absolute atomic E-state index is 13.4. The van der Waals surface area contributed by atoms with Crippen LogP contribution in [-0.4, -0.2) is 48.3 Å². The Balaban J connectivity index is 1.78. The van der Waals surface area contributed by atoms with Crippen molar-refractivity contribution in [2.24, 2.45) is 0 Å². The van der Waals surface area contributed by atoms with Crippen molar-refractivity contribution in [3.05, 3.63) is 70.5 Å². The van der Waals surface area contributed by atoms with Gasteiger partial charge in [-0.2, -0.15) is 26.3 Å². The highest BCUT2D eigenvalue weighted by atomic mass is 19.4. The molecule has 3 atom stereocenters. The molecule has 0 unspecified atom stereocenters. The van der Waals surface area contributed by atoms with Gasteiger partial charge in [0.25, 0.3) is 0 Å². The Morgan fingerprint density at radius 2 is 1.57 bits per heavy atom. The van der Waals surface area contributed by atoms with Crippen molar-refractivity contribution in [3.63, 3.8) is 0 Å². The topological polar surface area (TPSA) is 49.8 Å². The number of ether oxygens (including phenoxy) is 1. The van der Waals surface area contributed by atoms with Gasteiger partial charge in [-0.3, -0.25) is 9.69 Å². The van der Waals surface area contributed by atoms with E-state index in [2.05, 4.69) is 0 Å². The normalized spacial score (nSPS) is 21.0. The first-order valence-electron chi connectivity index (χ1n) is 10.8. The molecule has 1 N–H and O–H groups in total. The lowest BCUT2D eigenvalue weighted by atomic mass is 9.91. The Morgan fingerprint density at radius 1 is 1.00 bits per heavy atom. The molecule has 0 spiro atoms. The smallest absolute Gasteiger partial charge is 0.416 e. The van der Waals surface area contributed by atoms with Gasteiger partial charge in [-0.1, -0.05) is 12.1 Å². The maximum Gasteiger partial charge on any atom is 0.416 e. The Labute approximate surface area is 197 Å². The molecule has 4 nitrogen and oxygen atoms in total. The Hall–Kier alpha value is -2.66. The van der Waals surface area contributed by atoms with Crippen molar-refractivity contribution in [2.45, 2.75) is 49.7 Å². The van der Waals surface area contributed by atoms with E-state index < -0.39 is 41.4 Å². The molecule has 0 saturated heterocycles. The highest BCUT2D eigenvalue weighted by Gasteiger charge is 2.41. The number of alkyl halides is 6. The molecule has 1 aliphatic carbocycles. The first-order valence-corrected chi connectivity index (χ1v) is 10.8. The lowest BCUT2D eigenvalue weighted by Crippen LogP contribution is -2.39. The quantitative estimate of drug-likeness (QED) is 0.462. The van der Waals surface area contributed by atoms with Crippen molar-refractivity contribution < 1.29 is 45.4 Å². The van der Waals surface area contributed by atoms with Gasteiger partial charge in [0.1, 0.15) is 5.82 Å². The largest absolute Gasteiger partial charge is 0.480 e. The van der Waals surface area contributed by atoms with Crippen LogP contribution in [0.15, 0.2) is 42.5 Å². The summed E-state index contributed by atoms with van der Waals surface area (Å²) in [6.45, 7) is -0.379. The first kappa shape index (κ1) is 26.9. The fraction of sp³-hybridized carbons (Fsp3) is 0.458. The van der Waals surface area contributed by atoms with Crippen LogP contribution in [0.2, 0.25) is 0 Å². The maximum atomic E-state index is 13.4. The third kappa shape index (κ3) is 6.94. The zero-order chi connectivity index (χ0) is 26.0.